The Kier molecular flexibility index (Phi) is 6.23. The molecule has 0 unspecified atom stereocenters. The van der Waals surface area contributed by atoms with Crippen molar-refractivity contribution in [1.29, 1.82) is 0 Å². The van der Waals surface area contributed by atoms with E-state index >= 15 is 0 Å². The molecule has 4 nitrogen and oxygen atoms in total. The standard InChI is InChI=1S/C10H15N2O2.HI/c1-9(2)10(13)14-7-6-12-5-4-11(3)8-12;/h4-5,8H,1,6-7H2,2-3H3;1H/q+1;/p-1. The van der Waals surface area contributed by atoms with Gasteiger partial charge < -0.3 is 28.7 Å². The summed E-state index contributed by atoms with van der Waals surface area (Å²) in [6, 6.07) is 0. The number of carbonyl (C=O) groups is 1. The van der Waals surface area contributed by atoms with E-state index in [0.717, 1.165) is 0 Å². The molecule has 0 fully saturated rings. The Morgan fingerprint density at radius 2 is 2.27 bits per heavy atom. The van der Waals surface area contributed by atoms with Crippen LogP contribution < -0.4 is 28.5 Å². The van der Waals surface area contributed by atoms with Crippen LogP contribution in [0.5, 0.6) is 0 Å². The van der Waals surface area contributed by atoms with Crippen LogP contribution in [-0.4, -0.2) is 17.1 Å². The molecule has 1 aromatic rings. The first-order chi connectivity index (χ1) is 6.59. The average molecular weight is 322 g/mol. The summed E-state index contributed by atoms with van der Waals surface area (Å²) in [5.41, 5.74) is 0.433. The van der Waals surface area contributed by atoms with Crippen molar-refractivity contribution < 1.29 is 38.1 Å². The van der Waals surface area contributed by atoms with Gasteiger partial charge in [0.1, 0.15) is 25.5 Å². The normalized spacial score (nSPS) is 9.20. The van der Waals surface area contributed by atoms with Crippen molar-refractivity contribution in [2.24, 2.45) is 7.05 Å². The summed E-state index contributed by atoms with van der Waals surface area (Å²) in [5.74, 6) is -0.332. The lowest BCUT2D eigenvalue weighted by Gasteiger charge is -2.01. The fraction of sp³-hybridized carbons (Fsp3) is 0.400. The van der Waals surface area contributed by atoms with E-state index in [1.807, 2.05) is 34.9 Å². The Labute approximate surface area is 107 Å². The third-order valence-electron chi connectivity index (χ3n) is 1.75. The third-order valence-corrected chi connectivity index (χ3v) is 1.75. The predicted octanol–water partition coefficient (Wildman–Crippen LogP) is -2.56. The summed E-state index contributed by atoms with van der Waals surface area (Å²) in [4.78, 5) is 11.0. The summed E-state index contributed by atoms with van der Waals surface area (Å²) in [6.07, 6.45) is 5.78. The number of aryl methyl sites for hydroxylation is 1. The van der Waals surface area contributed by atoms with Crippen LogP contribution >= 0.6 is 0 Å². The highest BCUT2D eigenvalue weighted by Gasteiger charge is 2.04. The molecule has 0 atom stereocenters. The van der Waals surface area contributed by atoms with Gasteiger partial charge in [0.15, 0.2) is 0 Å². The molecule has 0 aliphatic rings. The fourth-order valence-electron chi connectivity index (χ4n) is 1.00. The van der Waals surface area contributed by atoms with Crippen LogP contribution in [-0.2, 0) is 23.1 Å². The Balaban J connectivity index is 0.00000196. The molecule has 1 aromatic heterocycles. The number of ether oxygens (including phenoxy) is 1. The number of halogens is 1. The first kappa shape index (κ1) is 14.2. The highest BCUT2D eigenvalue weighted by molar-refractivity contribution is 5.86. The topological polar surface area (TPSA) is 35.1 Å². The molecule has 0 spiro atoms. The Morgan fingerprint density at radius 1 is 1.60 bits per heavy atom. The monoisotopic (exact) mass is 322 g/mol. The molecule has 1 heterocycles. The number of imidazole rings is 1. The first-order valence-corrected chi connectivity index (χ1v) is 4.43. The maximum absolute atomic E-state index is 11.0. The Hall–Kier alpha value is -0.850. The van der Waals surface area contributed by atoms with Crippen LogP contribution in [0.4, 0.5) is 0 Å². The van der Waals surface area contributed by atoms with E-state index in [0.29, 0.717) is 18.7 Å². The number of nitrogens with zero attached hydrogens (tertiary/aromatic N) is 2. The summed E-state index contributed by atoms with van der Waals surface area (Å²) in [7, 11) is 1.94. The SMILES string of the molecule is C=C(C)C(=O)OCCn1cc[n+](C)c1.[I-]. The first-order valence-electron chi connectivity index (χ1n) is 4.43. The number of hydrogen-bond acceptors (Lipinski definition) is 2. The molecule has 0 aliphatic carbocycles. The number of carbonyl (C=O) groups excluding carboxylic acids is 1. The van der Waals surface area contributed by atoms with Crippen molar-refractivity contribution >= 4 is 5.97 Å². The summed E-state index contributed by atoms with van der Waals surface area (Å²) >= 11 is 0. The van der Waals surface area contributed by atoms with Gasteiger partial charge in [-0.25, -0.2) is 13.9 Å². The van der Waals surface area contributed by atoms with Gasteiger partial charge in [0.2, 0.25) is 6.33 Å². The predicted molar refractivity (Wildman–Crippen MR) is 51.4 cm³/mol. The van der Waals surface area contributed by atoms with Crippen molar-refractivity contribution in [1.82, 2.24) is 4.57 Å². The van der Waals surface area contributed by atoms with Crippen molar-refractivity contribution in [3.05, 3.63) is 30.9 Å². The molecule has 0 saturated carbocycles. The molecular weight excluding hydrogens is 307 g/mol. The largest absolute Gasteiger partial charge is 1.00 e. The molecule has 0 saturated heterocycles. The van der Waals surface area contributed by atoms with Crippen LogP contribution in [0.3, 0.4) is 0 Å². The Bertz CT molecular complexity index is 347. The van der Waals surface area contributed by atoms with E-state index in [4.69, 9.17) is 4.74 Å². The maximum Gasteiger partial charge on any atom is 0.333 e. The second-order valence-corrected chi connectivity index (χ2v) is 3.23. The lowest BCUT2D eigenvalue weighted by atomic mass is 10.4. The molecule has 84 valence electrons. The smallest absolute Gasteiger partial charge is 0.333 e. The van der Waals surface area contributed by atoms with E-state index in [9.17, 15) is 4.79 Å². The molecule has 15 heavy (non-hydrogen) atoms. The van der Waals surface area contributed by atoms with Gasteiger partial charge in [-0.3, -0.25) is 0 Å². The number of esters is 1. The van der Waals surface area contributed by atoms with Gasteiger partial charge in [0, 0.05) is 5.57 Å². The van der Waals surface area contributed by atoms with Crippen LogP contribution in [0.15, 0.2) is 30.9 Å². The second-order valence-electron chi connectivity index (χ2n) is 3.23. The van der Waals surface area contributed by atoms with Crippen molar-refractivity contribution in [2.75, 3.05) is 6.61 Å². The molecule has 0 radical (unpaired) electrons. The average Bonchev–Trinajstić information content (AvgIpc) is 2.51. The van der Waals surface area contributed by atoms with Crippen LogP contribution in [0.2, 0.25) is 0 Å². The van der Waals surface area contributed by atoms with Gasteiger partial charge in [-0.05, 0) is 6.92 Å². The quantitative estimate of drug-likeness (QED) is 0.265. The molecule has 0 amide bonds. The van der Waals surface area contributed by atoms with Crippen LogP contribution in [0.25, 0.3) is 0 Å². The number of rotatable bonds is 4. The number of aromatic nitrogens is 2. The van der Waals surface area contributed by atoms with E-state index in [-0.39, 0.29) is 29.9 Å². The number of hydrogen-bond donors (Lipinski definition) is 0. The van der Waals surface area contributed by atoms with E-state index < -0.39 is 0 Å². The highest BCUT2D eigenvalue weighted by Crippen LogP contribution is 1.92. The molecule has 0 aromatic carbocycles. The molecule has 0 aliphatic heterocycles. The van der Waals surface area contributed by atoms with Gasteiger partial charge in [-0.1, -0.05) is 6.58 Å². The van der Waals surface area contributed by atoms with E-state index in [2.05, 4.69) is 6.58 Å². The van der Waals surface area contributed by atoms with Crippen molar-refractivity contribution in [2.45, 2.75) is 13.5 Å². The molecule has 0 N–H and O–H groups in total. The van der Waals surface area contributed by atoms with E-state index in [1.165, 1.54) is 0 Å². The summed E-state index contributed by atoms with van der Waals surface area (Å²) in [6.45, 7) is 6.18. The van der Waals surface area contributed by atoms with Gasteiger partial charge >= 0.3 is 5.97 Å². The van der Waals surface area contributed by atoms with Crippen LogP contribution in [0, 0.1) is 0 Å². The summed E-state index contributed by atoms with van der Waals surface area (Å²) < 4.78 is 8.83. The lowest BCUT2D eigenvalue weighted by molar-refractivity contribution is -0.671. The maximum atomic E-state index is 11.0. The zero-order valence-electron chi connectivity index (χ0n) is 8.94. The van der Waals surface area contributed by atoms with Gasteiger partial charge in [-0.15, -0.1) is 0 Å². The minimum absolute atomic E-state index is 0. The van der Waals surface area contributed by atoms with E-state index in [1.54, 1.807) is 6.92 Å². The van der Waals surface area contributed by atoms with Crippen molar-refractivity contribution in [3.63, 3.8) is 0 Å². The molecule has 0 bridgehead atoms. The zero-order chi connectivity index (χ0) is 10.6. The molecule has 5 heteroatoms. The van der Waals surface area contributed by atoms with Gasteiger partial charge in [-0.2, -0.15) is 0 Å². The third kappa shape index (κ3) is 4.96. The highest BCUT2D eigenvalue weighted by atomic mass is 127. The minimum Gasteiger partial charge on any atom is -1.00 e. The Morgan fingerprint density at radius 3 is 2.73 bits per heavy atom. The molecular formula is C10H15IN2O2. The van der Waals surface area contributed by atoms with Crippen molar-refractivity contribution in [3.8, 4) is 0 Å². The zero-order valence-corrected chi connectivity index (χ0v) is 11.1. The second kappa shape index (κ2) is 6.60. The minimum atomic E-state index is -0.332. The lowest BCUT2D eigenvalue weighted by Crippen LogP contribution is -3.00. The summed E-state index contributed by atoms with van der Waals surface area (Å²) in [5, 5.41) is 0. The van der Waals surface area contributed by atoms with Gasteiger partial charge in [0.05, 0.1) is 7.05 Å². The van der Waals surface area contributed by atoms with Crippen LogP contribution in [0.1, 0.15) is 6.92 Å². The molecule has 1 rings (SSSR count). The fourth-order valence-corrected chi connectivity index (χ4v) is 1.00. The van der Waals surface area contributed by atoms with Gasteiger partial charge in [0.25, 0.3) is 0 Å².